The van der Waals surface area contributed by atoms with Gasteiger partial charge in [-0.1, -0.05) is 25.4 Å². The molecular weight excluding hydrogens is 176 g/mol. The largest absolute Gasteiger partial charge is 0.504 e. The molecule has 0 spiro atoms. The maximum Gasteiger partial charge on any atom is 0.176 e. The van der Waals surface area contributed by atoms with Crippen molar-refractivity contribution >= 4 is 11.6 Å². The predicted octanol–water partition coefficient (Wildman–Crippen LogP) is 2.87. The van der Waals surface area contributed by atoms with E-state index in [1.807, 2.05) is 13.8 Å². The number of aromatic hydroxyl groups is 2. The van der Waals surface area contributed by atoms with Crippen molar-refractivity contribution in [2.75, 3.05) is 0 Å². The van der Waals surface area contributed by atoms with E-state index in [1.54, 1.807) is 6.07 Å². The average molecular weight is 187 g/mol. The molecule has 1 rings (SSSR count). The van der Waals surface area contributed by atoms with Crippen LogP contribution in [0, 0.1) is 0 Å². The molecule has 12 heavy (non-hydrogen) atoms. The third-order valence-corrected chi connectivity index (χ3v) is 2.02. The molecule has 2 nitrogen and oxygen atoms in total. The Hall–Kier alpha value is -0.890. The summed E-state index contributed by atoms with van der Waals surface area (Å²) in [4.78, 5) is 0. The summed E-state index contributed by atoms with van der Waals surface area (Å²) < 4.78 is 0. The number of phenols is 2. The molecule has 0 aromatic heterocycles. The molecule has 0 fully saturated rings. The van der Waals surface area contributed by atoms with Crippen molar-refractivity contribution in [1.29, 1.82) is 0 Å². The zero-order valence-corrected chi connectivity index (χ0v) is 7.76. The minimum atomic E-state index is -0.249. The molecule has 0 amide bonds. The lowest BCUT2D eigenvalue weighted by Crippen LogP contribution is -1.86. The lowest BCUT2D eigenvalue weighted by Gasteiger charge is -2.07. The molecule has 66 valence electrons. The highest BCUT2D eigenvalue weighted by Crippen LogP contribution is 2.35. The van der Waals surface area contributed by atoms with Gasteiger partial charge in [0.05, 0.1) is 5.02 Å². The van der Waals surface area contributed by atoms with Crippen molar-refractivity contribution in [3.63, 3.8) is 0 Å². The van der Waals surface area contributed by atoms with Crippen LogP contribution in [0.1, 0.15) is 25.3 Å². The number of hydrogen-bond donors (Lipinski definition) is 2. The van der Waals surface area contributed by atoms with E-state index in [2.05, 4.69) is 0 Å². The zero-order chi connectivity index (χ0) is 9.30. The Kier molecular flexibility index (Phi) is 2.48. The first-order valence-electron chi connectivity index (χ1n) is 3.73. The zero-order valence-electron chi connectivity index (χ0n) is 7.00. The molecule has 3 heteroatoms. The Labute approximate surface area is 76.4 Å². The Morgan fingerprint density at radius 1 is 1.25 bits per heavy atom. The summed E-state index contributed by atoms with van der Waals surface area (Å²) in [5, 5.41) is 18.5. The van der Waals surface area contributed by atoms with Gasteiger partial charge in [-0.15, -0.1) is 0 Å². The number of hydrogen-bond acceptors (Lipinski definition) is 2. The summed E-state index contributed by atoms with van der Waals surface area (Å²) in [5.41, 5.74) is 0.912. The van der Waals surface area contributed by atoms with Crippen LogP contribution in [0.5, 0.6) is 11.5 Å². The Bertz CT molecular complexity index is 272. The molecule has 0 saturated carbocycles. The average Bonchev–Trinajstić information content (AvgIpc) is 1.99. The Morgan fingerprint density at radius 2 is 1.83 bits per heavy atom. The molecule has 0 aliphatic carbocycles. The van der Waals surface area contributed by atoms with Gasteiger partial charge >= 0.3 is 0 Å². The Morgan fingerprint density at radius 3 is 2.25 bits per heavy atom. The van der Waals surface area contributed by atoms with Crippen LogP contribution in [0.15, 0.2) is 12.1 Å². The predicted molar refractivity (Wildman–Crippen MR) is 48.9 cm³/mol. The smallest absolute Gasteiger partial charge is 0.176 e. The minimum Gasteiger partial charge on any atom is -0.504 e. The lowest BCUT2D eigenvalue weighted by molar-refractivity contribution is 0.403. The molecule has 0 unspecified atom stereocenters. The van der Waals surface area contributed by atoms with Crippen molar-refractivity contribution in [1.82, 2.24) is 0 Å². The van der Waals surface area contributed by atoms with Gasteiger partial charge in [0.15, 0.2) is 11.5 Å². The van der Waals surface area contributed by atoms with Gasteiger partial charge in [-0.05, 0) is 23.6 Å². The van der Waals surface area contributed by atoms with E-state index in [4.69, 9.17) is 16.7 Å². The van der Waals surface area contributed by atoms with Gasteiger partial charge in [0, 0.05) is 0 Å². The summed E-state index contributed by atoms with van der Waals surface area (Å²) >= 11 is 5.65. The highest BCUT2D eigenvalue weighted by atomic mass is 35.5. The molecule has 0 radical (unpaired) electrons. The molecule has 0 heterocycles. The summed E-state index contributed by atoms with van der Waals surface area (Å²) in [6.07, 6.45) is 0. The van der Waals surface area contributed by atoms with E-state index < -0.39 is 0 Å². The molecule has 0 bridgehead atoms. The van der Waals surface area contributed by atoms with Gasteiger partial charge < -0.3 is 10.2 Å². The molecule has 2 N–H and O–H groups in total. The molecule has 0 saturated heterocycles. The number of halogens is 1. The molecule has 0 atom stereocenters. The van der Waals surface area contributed by atoms with Crippen molar-refractivity contribution in [3.05, 3.63) is 22.7 Å². The molecule has 0 aliphatic rings. The minimum absolute atomic E-state index is 0.161. The first-order valence-corrected chi connectivity index (χ1v) is 4.11. The standard InChI is InChI=1S/C9H11ClO2/c1-5(2)6-3-7(10)9(12)8(11)4-6/h3-5,11-12H,1-2H3. The fourth-order valence-electron chi connectivity index (χ4n) is 0.938. The number of phenolic OH excluding ortho intramolecular Hbond substituents is 2. The van der Waals surface area contributed by atoms with Gasteiger partial charge in [-0.25, -0.2) is 0 Å². The van der Waals surface area contributed by atoms with E-state index in [9.17, 15) is 5.11 Å². The quantitative estimate of drug-likeness (QED) is 0.663. The van der Waals surface area contributed by atoms with Crippen molar-refractivity contribution in [2.45, 2.75) is 19.8 Å². The van der Waals surface area contributed by atoms with E-state index in [0.29, 0.717) is 0 Å². The SMILES string of the molecule is CC(C)c1cc(O)c(O)c(Cl)c1. The maximum atomic E-state index is 9.20. The van der Waals surface area contributed by atoms with Crippen molar-refractivity contribution in [3.8, 4) is 11.5 Å². The molecule has 1 aromatic carbocycles. The summed E-state index contributed by atoms with van der Waals surface area (Å²) in [5.74, 6) is -0.124. The van der Waals surface area contributed by atoms with Gasteiger partial charge in [0.2, 0.25) is 0 Å². The van der Waals surface area contributed by atoms with Gasteiger partial charge in [-0.2, -0.15) is 0 Å². The van der Waals surface area contributed by atoms with Crippen LogP contribution in [0.2, 0.25) is 5.02 Å². The van der Waals surface area contributed by atoms with Crippen LogP contribution < -0.4 is 0 Å². The third kappa shape index (κ3) is 1.64. The fraction of sp³-hybridized carbons (Fsp3) is 0.333. The fourth-order valence-corrected chi connectivity index (χ4v) is 1.16. The van der Waals surface area contributed by atoms with Gasteiger partial charge in [0.25, 0.3) is 0 Å². The second-order valence-electron chi connectivity index (χ2n) is 3.03. The maximum absolute atomic E-state index is 9.20. The second kappa shape index (κ2) is 3.23. The van der Waals surface area contributed by atoms with Crippen LogP contribution >= 0.6 is 11.6 Å². The monoisotopic (exact) mass is 186 g/mol. The number of rotatable bonds is 1. The molecule has 1 aromatic rings. The van der Waals surface area contributed by atoms with Gasteiger partial charge in [-0.3, -0.25) is 0 Å². The molecular formula is C9H11ClO2. The highest BCUT2D eigenvalue weighted by Gasteiger charge is 2.08. The molecule has 0 aliphatic heterocycles. The Balaban J connectivity index is 3.21. The van der Waals surface area contributed by atoms with Crippen molar-refractivity contribution in [2.24, 2.45) is 0 Å². The summed E-state index contributed by atoms with van der Waals surface area (Å²) in [7, 11) is 0. The lowest BCUT2D eigenvalue weighted by atomic mass is 10.0. The van der Waals surface area contributed by atoms with Crippen LogP contribution in [0.3, 0.4) is 0 Å². The van der Waals surface area contributed by atoms with Crippen LogP contribution in [-0.4, -0.2) is 10.2 Å². The topological polar surface area (TPSA) is 40.5 Å². The highest BCUT2D eigenvalue weighted by molar-refractivity contribution is 6.32. The second-order valence-corrected chi connectivity index (χ2v) is 3.43. The van der Waals surface area contributed by atoms with Crippen molar-refractivity contribution < 1.29 is 10.2 Å². The van der Waals surface area contributed by atoms with E-state index in [0.717, 1.165) is 5.56 Å². The van der Waals surface area contributed by atoms with E-state index >= 15 is 0 Å². The summed E-state index contributed by atoms with van der Waals surface area (Å²) in [6, 6.07) is 3.17. The number of benzene rings is 1. The van der Waals surface area contributed by atoms with E-state index in [-0.39, 0.29) is 22.4 Å². The van der Waals surface area contributed by atoms with Gasteiger partial charge in [0.1, 0.15) is 0 Å². The van der Waals surface area contributed by atoms with Crippen LogP contribution in [0.25, 0.3) is 0 Å². The van der Waals surface area contributed by atoms with E-state index in [1.165, 1.54) is 6.07 Å². The van der Waals surface area contributed by atoms with Crippen LogP contribution in [-0.2, 0) is 0 Å². The normalized spacial score (nSPS) is 10.7. The first kappa shape index (κ1) is 9.20. The third-order valence-electron chi connectivity index (χ3n) is 1.73. The first-order chi connectivity index (χ1) is 5.52. The van der Waals surface area contributed by atoms with Crippen LogP contribution in [0.4, 0.5) is 0 Å². The summed E-state index contributed by atoms with van der Waals surface area (Å²) in [6.45, 7) is 3.98.